The Balaban J connectivity index is 1.79. The van der Waals surface area contributed by atoms with Crippen LogP contribution in [0.2, 0.25) is 5.02 Å². The van der Waals surface area contributed by atoms with Crippen molar-refractivity contribution in [2.24, 2.45) is 0 Å². The molecule has 0 saturated heterocycles. The summed E-state index contributed by atoms with van der Waals surface area (Å²) in [6, 6.07) is 12.2. The molecule has 0 aliphatic heterocycles. The predicted molar refractivity (Wildman–Crippen MR) is 87.0 cm³/mol. The largest absolute Gasteiger partial charge is 0.491 e. The van der Waals surface area contributed by atoms with Gasteiger partial charge in [0.05, 0.1) is 4.47 Å². The molecule has 0 bridgehead atoms. The van der Waals surface area contributed by atoms with Crippen LogP contribution in [0.4, 0.5) is 5.69 Å². The average molecular weight is 373 g/mol. The molecule has 112 valence electrons. The first-order valence-corrected chi connectivity index (χ1v) is 7.46. The van der Waals surface area contributed by atoms with Crippen molar-refractivity contribution in [3.63, 3.8) is 0 Å². The number of halogens is 2. The normalized spacial score (nSPS) is 12.0. The zero-order valence-corrected chi connectivity index (χ0v) is 13.5. The Morgan fingerprint density at radius 1 is 1.10 bits per heavy atom. The molecule has 1 unspecified atom stereocenters. The monoisotopic (exact) mass is 371 g/mol. The van der Waals surface area contributed by atoms with Crippen molar-refractivity contribution in [1.82, 2.24) is 0 Å². The molecule has 21 heavy (non-hydrogen) atoms. The molecular weight excluding hydrogens is 358 g/mol. The van der Waals surface area contributed by atoms with E-state index >= 15 is 0 Å². The second kappa shape index (κ2) is 7.54. The molecule has 0 aromatic heterocycles. The third kappa shape index (κ3) is 5.12. The Morgan fingerprint density at radius 2 is 1.76 bits per heavy atom. The van der Waals surface area contributed by atoms with Gasteiger partial charge in [0.2, 0.25) is 0 Å². The van der Waals surface area contributed by atoms with Crippen LogP contribution in [0.5, 0.6) is 11.5 Å². The molecule has 0 spiro atoms. The van der Waals surface area contributed by atoms with Crippen LogP contribution in [-0.2, 0) is 0 Å². The minimum Gasteiger partial charge on any atom is -0.491 e. The number of hydrogen-bond donors (Lipinski definition) is 2. The zero-order chi connectivity index (χ0) is 15.2. The maximum absolute atomic E-state index is 9.86. The van der Waals surface area contributed by atoms with E-state index in [-0.39, 0.29) is 13.2 Å². The number of nitrogen functional groups attached to an aromatic ring is 1. The Kier molecular flexibility index (Phi) is 5.73. The van der Waals surface area contributed by atoms with Gasteiger partial charge in [-0.1, -0.05) is 11.6 Å². The second-order valence-electron chi connectivity index (χ2n) is 4.42. The van der Waals surface area contributed by atoms with E-state index in [1.54, 1.807) is 42.5 Å². The maximum Gasteiger partial charge on any atom is 0.133 e. The number of hydrogen-bond acceptors (Lipinski definition) is 4. The first-order valence-electron chi connectivity index (χ1n) is 6.29. The molecule has 4 nitrogen and oxygen atoms in total. The summed E-state index contributed by atoms with van der Waals surface area (Å²) in [6.45, 7) is 0.254. The van der Waals surface area contributed by atoms with Gasteiger partial charge < -0.3 is 20.3 Å². The number of aliphatic hydroxyl groups excluding tert-OH is 1. The van der Waals surface area contributed by atoms with Crippen LogP contribution >= 0.6 is 27.5 Å². The maximum atomic E-state index is 9.86. The lowest BCUT2D eigenvalue weighted by molar-refractivity contribution is 0.0624. The summed E-state index contributed by atoms with van der Waals surface area (Å²) < 4.78 is 11.7. The summed E-state index contributed by atoms with van der Waals surface area (Å²) >= 11 is 9.19. The van der Waals surface area contributed by atoms with Crippen molar-refractivity contribution >= 4 is 33.2 Å². The number of aliphatic hydroxyl groups is 1. The van der Waals surface area contributed by atoms with Gasteiger partial charge in [0, 0.05) is 10.7 Å². The summed E-state index contributed by atoms with van der Waals surface area (Å²) in [5, 5.41) is 10.5. The topological polar surface area (TPSA) is 64.7 Å². The molecule has 0 aliphatic rings. The fourth-order valence-electron chi connectivity index (χ4n) is 1.58. The number of anilines is 1. The van der Waals surface area contributed by atoms with E-state index in [2.05, 4.69) is 15.9 Å². The molecule has 0 heterocycles. The Morgan fingerprint density at radius 3 is 2.43 bits per heavy atom. The molecule has 2 rings (SSSR count). The summed E-state index contributed by atoms with van der Waals surface area (Å²) in [7, 11) is 0. The number of benzene rings is 2. The molecular formula is C15H15BrClNO3. The van der Waals surface area contributed by atoms with Crippen LogP contribution < -0.4 is 15.2 Å². The summed E-state index contributed by atoms with van der Waals surface area (Å²) in [5.74, 6) is 1.27. The predicted octanol–water partition coefficient (Wildman–Crippen LogP) is 3.50. The molecule has 0 aliphatic carbocycles. The van der Waals surface area contributed by atoms with Gasteiger partial charge in [-0.25, -0.2) is 0 Å². The molecule has 2 aromatic carbocycles. The Hall–Kier alpha value is -1.43. The van der Waals surface area contributed by atoms with Gasteiger partial charge in [0.15, 0.2) is 0 Å². The van der Waals surface area contributed by atoms with Crippen LogP contribution in [-0.4, -0.2) is 24.4 Å². The number of rotatable bonds is 6. The summed E-state index contributed by atoms with van der Waals surface area (Å²) in [4.78, 5) is 0. The quantitative estimate of drug-likeness (QED) is 0.762. The van der Waals surface area contributed by atoms with Crippen LogP contribution in [0.1, 0.15) is 0 Å². The van der Waals surface area contributed by atoms with Crippen molar-refractivity contribution in [2.45, 2.75) is 6.10 Å². The van der Waals surface area contributed by atoms with Crippen LogP contribution in [0, 0.1) is 0 Å². The van der Waals surface area contributed by atoms with E-state index in [0.29, 0.717) is 22.2 Å². The fraction of sp³-hybridized carbons (Fsp3) is 0.200. The van der Waals surface area contributed by atoms with Gasteiger partial charge in [-0.05, 0) is 58.4 Å². The first kappa shape index (κ1) is 15.9. The smallest absolute Gasteiger partial charge is 0.133 e. The van der Waals surface area contributed by atoms with E-state index in [1.165, 1.54) is 0 Å². The van der Waals surface area contributed by atoms with E-state index in [4.69, 9.17) is 26.8 Å². The average Bonchev–Trinajstić information content (AvgIpc) is 2.46. The standard InChI is InChI=1S/C15H15BrClNO3/c16-14-7-10(17)1-6-15(14)21-9-12(19)8-20-13-4-2-11(18)3-5-13/h1-7,12,19H,8-9,18H2. The molecule has 0 radical (unpaired) electrons. The van der Waals surface area contributed by atoms with Crippen molar-refractivity contribution in [1.29, 1.82) is 0 Å². The molecule has 1 atom stereocenters. The molecule has 3 N–H and O–H groups in total. The highest BCUT2D eigenvalue weighted by Crippen LogP contribution is 2.28. The lowest BCUT2D eigenvalue weighted by Crippen LogP contribution is -2.25. The van der Waals surface area contributed by atoms with E-state index < -0.39 is 6.10 Å². The fourth-order valence-corrected chi connectivity index (χ4v) is 2.38. The van der Waals surface area contributed by atoms with E-state index in [9.17, 15) is 5.11 Å². The molecule has 0 saturated carbocycles. The van der Waals surface area contributed by atoms with Gasteiger partial charge in [0.25, 0.3) is 0 Å². The SMILES string of the molecule is Nc1ccc(OCC(O)COc2ccc(Cl)cc2Br)cc1. The molecule has 2 aromatic rings. The minimum atomic E-state index is -0.745. The third-order valence-corrected chi connectivity index (χ3v) is 3.50. The van der Waals surface area contributed by atoms with Crippen molar-refractivity contribution < 1.29 is 14.6 Å². The van der Waals surface area contributed by atoms with Gasteiger partial charge in [-0.15, -0.1) is 0 Å². The minimum absolute atomic E-state index is 0.120. The second-order valence-corrected chi connectivity index (χ2v) is 5.71. The van der Waals surface area contributed by atoms with Gasteiger partial charge in [-0.3, -0.25) is 0 Å². The van der Waals surface area contributed by atoms with Crippen molar-refractivity contribution in [2.75, 3.05) is 18.9 Å². The van der Waals surface area contributed by atoms with E-state index in [1.807, 2.05) is 0 Å². The van der Waals surface area contributed by atoms with Crippen LogP contribution in [0.3, 0.4) is 0 Å². The Bertz CT molecular complexity index is 592. The van der Waals surface area contributed by atoms with Gasteiger partial charge in [0.1, 0.15) is 30.8 Å². The molecule has 0 amide bonds. The van der Waals surface area contributed by atoms with Crippen LogP contribution in [0.25, 0.3) is 0 Å². The number of ether oxygens (including phenoxy) is 2. The molecule has 0 fully saturated rings. The van der Waals surface area contributed by atoms with Crippen LogP contribution in [0.15, 0.2) is 46.9 Å². The third-order valence-electron chi connectivity index (χ3n) is 2.65. The summed E-state index contributed by atoms with van der Waals surface area (Å²) in [5.41, 5.74) is 6.25. The highest BCUT2D eigenvalue weighted by molar-refractivity contribution is 9.10. The van der Waals surface area contributed by atoms with Crippen molar-refractivity contribution in [3.05, 3.63) is 52.0 Å². The first-order chi connectivity index (χ1) is 10.0. The van der Waals surface area contributed by atoms with Gasteiger partial charge >= 0.3 is 0 Å². The lowest BCUT2D eigenvalue weighted by atomic mass is 10.3. The number of nitrogens with two attached hydrogens (primary N) is 1. The highest BCUT2D eigenvalue weighted by atomic mass is 79.9. The Labute approximate surface area is 136 Å². The van der Waals surface area contributed by atoms with E-state index in [0.717, 1.165) is 4.47 Å². The van der Waals surface area contributed by atoms with Gasteiger partial charge in [-0.2, -0.15) is 0 Å². The molecule has 6 heteroatoms. The zero-order valence-electron chi connectivity index (χ0n) is 11.1. The van der Waals surface area contributed by atoms with Crippen molar-refractivity contribution in [3.8, 4) is 11.5 Å². The highest BCUT2D eigenvalue weighted by Gasteiger charge is 2.09. The lowest BCUT2D eigenvalue weighted by Gasteiger charge is -2.14. The summed E-state index contributed by atoms with van der Waals surface area (Å²) in [6.07, 6.45) is -0.745.